The van der Waals surface area contributed by atoms with Crippen molar-refractivity contribution >= 4 is 17.5 Å². The monoisotopic (exact) mass is 355 g/mol. The first kappa shape index (κ1) is 17.7. The number of carbonyl (C=O) groups excluding carboxylic acids is 2. The molecule has 136 valence electrons. The van der Waals surface area contributed by atoms with Gasteiger partial charge in [0.1, 0.15) is 11.8 Å². The van der Waals surface area contributed by atoms with Crippen molar-refractivity contribution in [1.82, 2.24) is 10.6 Å². The first-order valence-electron chi connectivity index (χ1n) is 8.43. The number of amides is 2. The molecule has 7 nitrogen and oxygen atoms in total. The zero-order valence-corrected chi connectivity index (χ0v) is 14.7. The first-order valence-corrected chi connectivity index (χ1v) is 8.43. The molecule has 26 heavy (non-hydrogen) atoms. The minimum atomic E-state index is -0.730. The highest BCUT2D eigenvalue weighted by molar-refractivity contribution is 6.04. The molecule has 7 heteroatoms. The number of hydrogen-bond donors (Lipinski definition) is 2. The first-order chi connectivity index (χ1) is 12.5. The van der Waals surface area contributed by atoms with Crippen LogP contribution in [0.4, 0.5) is 0 Å². The third kappa shape index (κ3) is 4.30. The highest BCUT2D eigenvalue weighted by Gasteiger charge is 2.30. The van der Waals surface area contributed by atoms with Gasteiger partial charge >= 0.3 is 0 Å². The fourth-order valence-corrected chi connectivity index (χ4v) is 2.55. The number of nitrogens with one attached hydrogen (secondary N) is 2. The molecule has 0 radical (unpaired) electrons. The van der Waals surface area contributed by atoms with E-state index in [1.54, 1.807) is 19.1 Å². The number of rotatable bonds is 6. The van der Waals surface area contributed by atoms with Crippen LogP contribution in [0, 0.1) is 6.92 Å². The predicted molar refractivity (Wildman–Crippen MR) is 95.4 cm³/mol. The maximum absolute atomic E-state index is 12.3. The largest absolute Gasteiger partial charge is 0.467 e. The van der Waals surface area contributed by atoms with Gasteiger partial charge < -0.3 is 19.9 Å². The van der Waals surface area contributed by atoms with Gasteiger partial charge in [-0.05, 0) is 31.5 Å². The van der Waals surface area contributed by atoms with Crippen LogP contribution in [0.25, 0.3) is 0 Å². The topological polar surface area (TPSA) is 92.9 Å². The summed E-state index contributed by atoms with van der Waals surface area (Å²) in [6.45, 7) is 3.89. The van der Waals surface area contributed by atoms with Gasteiger partial charge in [0.2, 0.25) is 12.0 Å². The highest BCUT2D eigenvalue weighted by Crippen LogP contribution is 2.17. The summed E-state index contributed by atoms with van der Waals surface area (Å²) >= 11 is 0. The van der Waals surface area contributed by atoms with E-state index in [0.29, 0.717) is 12.2 Å². The Balaban J connectivity index is 1.47. The third-order valence-corrected chi connectivity index (χ3v) is 4.12. The second-order valence-electron chi connectivity index (χ2n) is 6.23. The number of hydrogen-bond acceptors (Lipinski definition) is 5. The van der Waals surface area contributed by atoms with Gasteiger partial charge in [0, 0.05) is 6.42 Å². The standard InChI is InChI=1S/C19H21N3O4/c1-12-5-7-14(8-6-12)16-10-17(26-22-16)19(24)21-13(2)18(23)20-11-15-4-3-9-25-15/h3-9,13,17H,10-11H2,1-2H3,(H,20,23)(H,21,24)/t13-,17-/m1/s1. The SMILES string of the molecule is Cc1ccc(C2=NO[C@@H](C(=O)N[C@H](C)C(=O)NCc3ccco3)C2)cc1. The van der Waals surface area contributed by atoms with Crippen molar-refractivity contribution in [3.63, 3.8) is 0 Å². The minimum Gasteiger partial charge on any atom is -0.467 e. The van der Waals surface area contributed by atoms with Crippen LogP contribution >= 0.6 is 0 Å². The van der Waals surface area contributed by atoms with Crippen LogP contribution in [0.15, 0.2) is 52.2 Å². The van der Waals surface area contributed by atoms with E-state index >= 15 is 0 Å². The second kappa shape index (κ2) is 7.86. The summed E-state index contributed by atoms with van der Waals surface area (Å²) in [7, 11) is 0. The Morgan fingerprint density at radius 3 is 2.73 bits per heavy atom. The van der Waals surface area contributed by atoms with Gasteiger partial charge in [-0.15, -0.1) is 0 Å². The number of furan rings is 1. The van der Waals surface area contributed by atoms with E-state index in [0.717, 1.165) is 16.8 Å². The number of oxime groups is 1. The maximum atomic E-state index is 12.3. The van der Waals surface area contributed by atoms with E-state index in [2.05, 4.69) is 15.8 Å². The molecule has 0 spiro atoms. The number of aryl methyl sites for hydroxylation is 1. The van der Waals surface area contributed by atoms with E-state index in [1.165, 1.54) is 6.26 Å². The summed E-state index contributed by atoms with van der Waals surface area (Å²) in [4.78, 5) is 29.6. The molecule has 0 bridgehead atoms. The van der Waals surface area contributed by atoms with Gasteiger partial charge in [0.05, 0.1) is 18.5 Å². The van der Waals surface area contributed by atoms with Crippen molar-refractivity contribution in [1.29, 1.82) is 0 Å². The molecule has 1 aliphatic heterocycles. The van der Waals surface area contributed by atoms with Crippen LogP contribution in [-0.2, 0) is 21.0 Å². The smallest absolute Gasteiger partial charge is 0.264 e. The summed E-state index contributed by atoms with van der Waals surface area (Å²) in [5.41, 5.74) is 2.80. The molecule has 2 heterocycles. The van der Waals surface area contributed by atoms with Crippen molar-refractivity contribution in [2.45, 2.75) is 39.0 Å². The second-order valence-corrected chi connectivity index (χ2v) is 6.23. The van der Waals surface area contributed by atoms with Gasteiger partial charge in [0.15, 0.2) is 0 Å². The summed E-state index contributed by atoms with van der Waals surface area (Å²) < 4.78 is 5.15. The average molecular weight is 355 g/mol. The molecule has 0 saturated carbocycles. The average Bonchev–Trinajstić information content (AvgIpc) is 3.32. The van der Waals surface area contributed by atoms with Gasteiger partial charge in [-0.25, -0.2) is 0 Å². The molecule has 3 rings (SSSR count). The normalized spacial score (nSPS) is 17.2. The molecule has 1 aliphatic rings. The third-order valence-electron chi connectivity index (χ3n) is 4.12. The Kier molecular flexibility index (Phi) is 5.36. The van der Waals surface area contributed by atoms with Crippen molar-refractivity contribution in [3.05, 3.63) is 59.5 Å². The molecule has 2 N–H and O–H groups in total. The van der Waals surface area contributed by atoms with E-state index in [9.17, 15) is 9.59 Å². The Morgan fingerprint density at radius 2 is 2.04 bits per heavy atom. The minimum absolute atomic E-state index is 0.270. The molecule has 0 unspecified atom stereocenters. The van der Waals surface area contributed by atoms with Crippen molar-refractivity contribution in [3.8, 4) is 0 Å². The molecule has 1 aromatic heterocycles. The molecule has 0 aliphatic carbocycles. The molecule has 2 aromatic rings. The van der Waals surface area contributed by atoms with Crippen LogP contribution in [-0.4, -0.2) is 29.7 Å². The van der Waals surface area contributed by atoms with E-state index in [-0.39, 0.29) is 18.4 Å². The molecule has 2 atom stereocenters. The van der Waals surface area contributed by atoms with Crippen molar-refractivity contribution in [2.24, 2.45) is 5.16 Å². The molecule has 0 fully saturated rings. The van der Waals surface area contributed by atoms with Crippen molar-refractivity contribution < 1.29 is 18.8 Å². The Labute approximate surface area is 151 Å². The van der Waals surface area contributed by atoms with E-state index in [4.69, 9.17) is 9.25 Å². The van der Waals surface area contributed by atoms with Crippen LogP contribution < -0.4 is 10.6 Å². The highest BCUT2D eigenvalue weighted by atomic mass is 16.6. The number of carbonyl (C=O) groups is 2. The summed E-state index contributed by atoms with van der Waals surface area (Å²) in [6.07, 6.45) is 1.18. The van der Waals surface area contributed by atoms with Crippen LogP contribution in [0.2, 0.25) is 0 Å². The number of nitrogens with zero attached hydrogens (tertiary/aromatic N) is 1. The fourth-order valence-electron chi connectivity index (χ4n) is 2.55. The zero-order valence-electron chi connectivity index (χ0n) is 14.7. The Hall–Kier alpha value is -3.09. The van der Waals surface area contributed by atoms with Crippen LogP contribution in [0.1, 0.15) is 30.2 Å². The maximum Gasteiger partial charge on any atom is 0.264 e. The molecular weight excluding hydrogens is 334 g/mol. The molecule has 1 aromatic carbocycles. The predicted octanol–water partition coefficient (Wildman–Crippen LogP) is 1.90. The van der Waals surface area contributed by atoms with Crippen LogP contribution in [0.5, 0.6) is 0 Å². The van der Waals surface area contributed by atoms with Gasteiger partial charge in [-0.2, -0.15) is 0 Å². The van der Waals surface area contributed by atoms with E-state index in [1.807, 2.05) is 31.2 Å². The lowest BCUT2D eigenvalue weighted by atomic mass is 10.0. The molecular formula is C19H21N3O4. The fraction of sp³-hybridized carbons (Fsp3) is 0.316. The van der Waals surface area contributed by atoms with Crippen molar-refractivity contribution in [2.75, 3.05) is 0 Å². The lowest BCUT2D eigenvalue weighted by molar-refractivity contribution is -0.135. The lowest BCUT2D eigenvalue weighted by Crippen LogP contribution is -2.47. The van der Waals surface area contributed by atoms with Gasteiger partial charge in [-0.1, -0.05) is 35.0 Å². The molecule has 2 amide bonds. The Morgan fingerprint density at radius 1 is 1.27 bits per heavy atom. The summed E-state index contributed by atoms with van der Waals surface area (Å²) in [6, 6.07) is 10.7. The zero-order chi connectivity index (χ0) is 18.5. The van der Waals surface area contributed by atoms with E-state index < -0.39 is 12.1 Å². The lowest BCUT2D eigenvalue weighted by Gasteiger charge is -2.15. The van der Waals surface area contributed by atoms with Gasteiger partial charge in [-0.3, -0.25) is 9.59 Å². The summed E-state index contributed by atoms with van der Waals surface area (Å²) in [5, 5.41) is 9.36. The van der Waals surface area contributed by atoms with Crippen LogP contribution in [0.3, 0.4) is 0 Å². The summed E-state index contributed by atoms with van der Waals surface area (Å²) in [5.74, 6) is -0.0175. The van der Waals surface area contributed by atoms with Gasteiger partial charge in [0.25, 0.3) is 5.91 Å². The number of benzene rings is 1. The quantitative estimate of drug-likeness (QED) is 0.828. The molecule has 0 saturated heterocycles. The Bertz CT molecular complexity index is 797.